The average molecular weight is 247 g/mol. The van der Waals surface area contributed by atoms with Gasteiger partial charge in [-0.3, -0.25) is 4.99 Å². The summed E-state index contributed by atoms with van der Waals surface area (Å²) in [7, 11) is 1.73. The molecular formula is C15H21NO2. The maximum atomic E-state index is 5.55. The van der Waals surface area contributed by atoms with Crippen molar-refractivity contribution >= 4 is 6.21 Å². The van der Waals surface area contributed by atoms with Crippen LogP contribution in [0.1, 0.15) is 18.9 Å². The molecule has 0 aliphatic heterocycles. The molecule has 0 amide bonds. The van der Waals surface area contributed by atoms with Gasteiger partial charge < -0.3 is 9.47 Å². The van der Waals surface area contributed by atoms with Crippen molar-refractivity contribution in [1.29, 1.82) is 0 Å². The third-order valence-electron chi connectivity index (χ3n) is 2.27. The summed E-state index contributed by atoms with van der Waals surface area (Å²) in [6.45, 7) is 3.82. The van der Waals surface area contributed by atoms with Crippen molar-refractivity contribution in [3.05, 3.63) is 47.7 Å². The van der Waals surface area contributed by atoms with Crippen molar-refractivity contribution in [2.75, 3.05) is 20.3 Å². The molecule has 1 aromatic carbocycles. The van der Waals surface area contributed by atoms with Crippen LogP contribution >= 0.6 is 0 Å². The summed E-state index contributed by atoms with van der Waals surface area (Å²) in [6.07, 6.45) is 4.66. The zero-order chi connectivity index (χ0) is 13.1. The Labute approximate surface area is 109 Å². The largest absolute Gasteiger partial charge is 0.490 e. The molecule has 0 unspecified atom stereocenters. The van der Waals surface area contributed by atoms with E-state index in [0.717, 1.165) is 12.2 Å². The first-order chi connectivity index (χ1) is 8.86. The first-order valence-corrected chi connectivity index (χ1v) is 6.23. The standard InChI is InChI=1S/C15H21NO2/c1-3-7-15(12-16-2)18-11-10-17-13-14-8-5-4-6-9-14/h4-9,12H,3,10-11,13H2,1-2H3/b15-7+,16-12?. The number of rotatable bonds is 8. The van der Waals surface area contributed by atoms with Crippen molar-refractivity contribution in [2.45, 2.75) is 20.0 Å². The van der Waals surface area contributed by atoms with Gasteiger partial charge in [0.2, 0.25) is 0 Å². The molecular weight excluding hydrogens is 226 g/mol. The van der Waals surface area contributed by atoms with E-state index >= 15 is 0 Å². The Morgan fingerprint density at radius 1 is 1.22 bits per heavy atom. The zero-order valence-corrected chi connectivity index (χ0v) is 11.1. The number of ether oxygens (including phenoxy) is 2. The number of hydrogen-bond acceptors (Lipinski definition) is 3. The molecule has 0 saturated heterocycles. The van der Waals surface area contributed by atoms with Gasteiger partial charge in [0, 0.05) is 7.05 Å². The SMILES string of the molecule is CC/C=C(\C=NC)OCCOCc1ccccc1. The fourth-order valence-corrected chi connectivity index (χ4v) is 1.46. The van der Waals surface area contributed by atoms with Gasteiger partial charge in [-0.2, -0.15) is 0 Å². The summed E-state index contributed by atoms with van der Waals surface area (Å²) < 4.78 is 11.1. The average Bonchev–Trinajstić information content (AvgIpc) is 2.40. The number of aliphatic imine (C=N–C) groups is 1. The molecule has 1 rings (SSSR count). The van der Waals surface area contributed by atoms with Crippen LogP contribution in [0, 0.1) is 0 Å². The van der Waals surface area contributed by atoms with Crippen LogP contribution in [0.3, 0.4) is 0 Å². The Kier molecular flexibility index (Phi) is 7.57. The van der Waals surface area contributed by atoms with E-state index in [0.29, 0.717) is 19.8 Å². The third kappa shape index (κ3) is 6.21. The Morgan fingerprint density at radius 2 is 2.00 bits per heavy atom. The molecule has 0 aliphatic rings. The predicted molar refractivity (Wildman–Crippen MR) is 74.8 cm³/mol. The van der Waals surface area contributed by atoms with E-state index in [9.17, 15) is 0 Å². The highest BCUT2D eigenvalue weighted by atomic mass is 16.5. The van der Waals surface area contributed by atoms with E-state index in [2.05, 4.69) is 11.9 Å². The molecule has 98 valence electrons. The highest BCUT2D eigenvalue weighted by molar-refractivity contribution is 5.75. The Bertz CT molecular complexity index is 371. The second-order valence-corrected chi connectivity index (χ2v) is 3.79. The number of nitrogens with zero attached hydrogens (tertiary/aromatic N) is 1. The van der Waals surface area contributed by atoms with Gasteiger partial charge in [-0.1, -0.05) is 37.3 Å². The Morgan fingerprint density at radius 3 is 2.67 bits per heavy atom. The minimum absolute atomic E-state index is 0.546. The van der Waals surface area contributed by atoms with Crippen molar-refractivity contribution in [3.63, 3.8) is 0 Å². The first kappa shape index (κ1) is 14.5. The highest BCUT2D eigenvalue weighted by Gasteiger charge is 1.95. The molecule has 3 nitrogen and oxygen atoms in total. The van der Waals surface area contributed by atoms with E-state index in [1.54, 1.807) is 13.3 Å². The lowest BCUT2D eigenvalue weighted by molar-refractivity contribution is 0.0709. The molecule has 0 aliphatic carbocycles. The molecule has 0 atom stereocenters. The second kappa shape index (κ2) is 9.42. The normalized spacial score (nSPS) is 12.0. The molecule has 0 saturated carbocycles. The number of allylic oxidation sites excluding steroid dienone is 2. The van der Waals surface area contributed by atoms with Crippen LogP contribution in [0.4, 0.5) is 0 Å². The second-order valence-electron chi connectivity index (χ2n) is 3.79. The topological polar surface area (TPSA) is 30.8 Å². The quantitative estimate of drug-likeness (QED) is 0.401. The first-order valence-electron chi connectivity index (χ1n) is 6.23. The van der Waals surface area contributed by atoms with Gasteiger partial charge in [0.05, 0.1) is 19.4 Å². The molecule has 3 heteroatoms. The molecule has 0 spiro atoms. The van der Waals surface area contributed by atoms with E-state index in [4.69, 9.17) is 9.47 Å². The Balaban J connectivity index is 2.16. The van der Waals surface area contributed by atoms with E-state index < -0.39 is 0 Å². The van der Waals surface area contributed by atoms with Gasteiger partial charge in [-0.15, -0.1) is 0 Å². The zero-order valence-electron chi connectivity index (χ0n) is 11.1. The van der Waals surface area contributed by atoms with Crippen LogP contribution in [0.25, 0.3) is 0 Å². The van der Waals surface area contributed by atoms with Gasteiger partial charge in [0.1, 0.15) is 12.4 Å². The number of benzene rings is 1. The lowest BCUT2D eigenvalue weighted by atomic mass is 10.2. The molecule has 0 radical (unpaired) electrons. The van der Waals surface area contributed by atoms with E-state index in [1.165, 1.54) is 5.56 Å². The maximum absolute atomic E-state index is 5.55. The molecule has 0 heterocycles. The van der Waals surface area contributed by atoms with Gasteiger partial charge >= 0.3 is 0 Å². The molecule has 1 aromatic rings. The smallest absolute Gasteiger partial charge is 0.133 e. The van der Waals surface area contributed by atoms with Gasteiger partial charge in [0.25, 0.3) is 0 Å². The molecule has 0 fully saturated rings. The van der Waals surface area contributed by atoms with Crippen LogP contribution in [-0.2, 0) is 16.1 Å². The van der Waals surface area contributed by atoms with E-state index in [-0.39, 0.29) is 0 Å². The predicted octanol–water partition coefficient (Wildman–Crippen LogP) is 3.21. The van der Waals surface area contributed by atoms with Crippen LogP contribution in [0.2, 0.25) is 0 Å². The summed E-state index contributed by atoms with van der Waals surface area (Å²) in [5.41, 5.74) is 1.18. The van der Waals surface area contributed by atoms with Crippen LogP contribution < -0.4 is 0 Å². The lowest BCUT2D eigenvalue weighted by Crippen LogP contribution is -2.05. The fourth-order valence-electron chi connectivity index (χ4n) is 1.46. The minimum atomic E-state index is 0.546. The van der Waals surface area contributed by atoms with Crippen molar-refractivity contribution in [3.8, 4) is 0 Å². The maximum Gasteiger partial charge on any atom is 0.133 e. The lowest BCUT2D eigenvalue weighted by Gasteiger charge is -2.07. The van der Waals surface area contributed by atoms with Gasteiger partial charge in [-0.05, 0) is 18.1 Å². The van der Waals surface area contributed by atoms with Gasteiger partial charge in [-0.25, -0.2) is 0 Å². The summed E-state index contributed by atoms with van der Waals surface area (Å²) in [5.74, 6) is 0.809. The molecule has 0 N–H and O–H groups in total. The summed E-state index contributed by atoms with van der Waals surface area (Å²) in [6, 6.07) is 10.1. The van der Waals surface area contributed by atoms with Crippen LogP contribution in [-0.4, -0.2) is 26.5 Å². The molecule has 0 bridgehead atoms. The van der Waals surface area contributed by atoms with E-state index in [1.807, 2.05) is 36.4 Å². The summed E-state index contributed by atoms with van der Waals surface area (Å²) in [4.78, 5) is 3.94. The molecule has 0 aromatic heterocycles. The van der Waals surface area contributed by atoms with Crippen LogP contribution in [0.15, 0.2) is 47.2 Å². The highest BCUT2D eigenvalue weighted by Crippen LogP contribution is 2.01. The fraction of sp³-hybridized carbons (Fsp3) is 0.400. The van der Waals surface area contributed by atoms with Crippen molar-refractivity contribution < 1.29 is 9.47 Å². The van der Waals surface area contributed by atoms with Crippen molar-refractivity contribution in [2.24, 2.45) is 4.99 Å². The minimum Gasteiger partial charge on any atom is -0.490 e. The van der Waals surface area contributed by atoms with Gasteiger partial charge in [0.15, 0.2) is 0 Å². The molecule has 18 heavy (non-hydrogen) atoms. The van der Waals surface area contributed by atoms with Crippen molar-refractivity contribution in [1.82, 2.24) is 0 Å². The number of hydrogen-bond donors (Lipinski definition) is 0. The monoisotopic (exact) mass is 247 g/mol. The third-order valence-corrected chi connectivity index (χ3v) is 2.27. The summed E-state index contributed by atoms with van der Waals surface area (Å²) >= 11 is 0. The summed E-state index contributed by atoms with van der Waals surface area (Å²) in [5, 5.41) is 0. The Hall–Kier alpha value is -1.61. The van der Waals surface area contributed by atoms with Crippen LogP contribution in [0.5, 0.6) is 0 Å².